The van der Waals surface area contributed by atoms with Crippen LogP contribution in [0.4, 0.5) is 5.69 Å². The molecule has 0 bridgehead atoms. The molecular formula is C12H16N2O. The second kappa shape index (κ2) is 4.64. The Morgan fingerprint density at radius 3 is 2.27 bits per heavy atom. The molecule has 0 unspecified atom stereocenters. The van der Waals surface area contributed by atoms with E-state index in [1.807, 2.05) is 32.0 Å². The molecule has 2 aromatic rings. The molecule has 0 atom stereocenters. The van der Waals surface area contributed by atoms with Crippen molar-refractivity contribution in [3.05, 3.63) is 40.8 Å². The zero-order chi connectivity index (χ0) is 11.4. The molecule has 0 aliphatic heterocycles. The van der Waals surface area contributed by atoms with Crippen LogP contribution in [0.5, 0.6) is 0 Å². The predicted octanol–water partition coefficient (Wildman–Crippen LogP) is 2.15. The van der Waals surface area contributed by atoms with Gasteiger partial charge in [-0.25, -0.2) is 0 Å². The summed E-state index contributed by atoms with van der Waals surface area (Å²) in [5.74, 6) is 0. The summed E-state index contributed by atoms with van der Waals surface area (Å²) in [6.45, 7) is 4.00. The quantitative estimate of drug-likeness (QED) is 0.714. The van der Waals surface area contributed by atoms with Crippen LogP contribution in [-0.4, -0.2) is 4.57 Å². The average Bonchev–Trinajstić information content (AvgIpc) is 2.29. The molecule has 0 saturated carbocycles. The van der Waals surface area contributed by atoms with Gasteiger partial charge in [0, 0.05) is 24.0 Å². The van der Waals surface area contributed by atoms with Gasteiger partial charge in [-0.1, -0.05) is 32.0 Å². The van der Waals surface area contributed by atoms with E-state index in [0.717, 1.165) is 5.39 Å². The van der Waals surface area contributed by atoms with Crippen LogP contribution in [0.2, 0.25) is 0 Å². The van der Waals surface area contributed by atoms with Gasteiger partial charge in [0.1, 0.15) is 0 Å². The van der Waals surface area contributed by atoms with E-state index in [1.54, 1.807) is 19.3 Å². The maximum atomic E-state index is 11.6. The Labute approximate surface area is 89.1 Å². The largest absolute Gasteiger partial charge is 0.397 e. The first-order valence-corrected chi connectivity index (χ1v) is 5.04. The predicted molar refractivity (Wildman–Crippen MR) is 64.9 cm³/mol. The number of rotatable bonds is 0. The first-order valence-electron chi connectivity index (χ1n) is 5.04. The van der Waals surface area contributed by atoms with Gasteiger partial charge in [0.15, 0.2) is 0 Å². The summed E-state index contributed by atoms with van der Waals surface area (Å²) in [5.41, 5.74) is 6.39. The van der Waals surface area contributed by atoms with E-state index in [1.165, 1.54) is 4.57 Å². The molecule has 0 saturated heterocycles. The molecule has 2 N–H and O–H groups in total. The smallest absolute Gasteiger partial charge is 0.258 e. The number of nitrogens with zero attached hydrogens (tertiary/aromatic N) is 1. The van der Waals surface area contributed by atoms with Crippen molar-refractivity contribution < 1.29 is 0 Å². The van der Waals surface area contributed by atoms with Crippen LogP contribution in [0.25, 0.3) is 10.8 Å². The second-order valence-electron chi connectivity index (χ2n) is 3.05. The third-order valence-corrected chi connectivity index (χ3v) is 2.12. The highest BCUT2D eigenvalue weighted by Gasteiger charge is 2.02. The van der Waals surface area contributed by atoms with Crippen LogP contribution >= 0.6 is 0 Å². The number of pyridine rings is 1. The third kappa shape index (κ3) is 2.01. The van der Waals surface area contributed by atoms with Gasteiger partial charge in [0.2, 0.25) is 0 Å². The van der Waals surface area contributed by atoms with Gasteiger partial charge < -0.3 is 10.3 Å². The molecule has 0 aliphatic carbocycles. The zero-order valence-corrected chi connectivity index (χ0v) is 9.32. The molecule has 1 aromatic heterocycles. The zero-order valence-electron chi connectivity index (χ0n) is 9.32. The van der Waals surface area contributed by atoms with Crippen molar-refractivity contribution in [1.29, 1.82) is 0 Å². The van der Waals surface area contributed by atoms with E-state index in [2.05, 4.69) is 0 Å². The van der Waals surface area contributed by atoms with Crippen molar-refractivity contribution in [2.45, 2.75) is 13.8 Å². The van der Waals surface area contributed by atoms with Crippen molar-refractivity contribution in [3.8, 4) is 0 Å². The van der Waals surface area contributed by atoms with Crippen molar-refractivity contribution in [1.82, 2.24) is 4.57 Å². The minimum Gasteiger partial charge on any atom is -0.397 e. The number of hydrogen-bond acceptors (Lipinski definition) is 2. The highest BCUT2D eigenvalue weighted by atomic mass is 16.1. The number of anilines is 1. The fraction of sp³-hybridized carbons (Fsp3) is 0.250. The third-order valence-electron chi connectivity index (χ3n) is 2.12. The summed E-state index contributed by atoms with van der Waals surface area (Å²) in [5, 5.41) is 1.50. The molecule has 3 nitrogen and oxygen atoms in total. The van der Waals surface area contributed by atoms with Crippen molar-refractivity contribution in [2.75, 3.05) is 5.73 Å². The SMILES string of the molecule is CC.Cn1cc(N)c2ccccc2c1=O. The molecule has 0 aliphatic rings. The lowest BCUT2D eigenvalue weighted by molar-refractivity contribution is 0.875. The Morgan fingerprint density at radius 1 is 1.13 bits per heavy atom. The van der Waals surface area contributed by atoms with Crippen LogP contribution in [0.3, 0.4) is 0 Å². The van der Waals surface area contributed by atoms with Gasteiger partial charge in [-0.15, -0.1) is 0 Å². The standard InChI is InChI=1S/C10H10N2O.C2H6/c1-12-6-9(11)7-4-2-3-5-8(7)10(12)13;1-2/h2-6H,11H2,1H3;1-2H3. The average molecular weight is 204 g/mol. The Hall–Kier alpha value is -1.77. The lowest BCUT2D eigenvalue weighted by Crippen LogP contribution is -2.16. The number of aryl methyl sites for hydroxylation is 1. The van der Waals surface area contributed by atoms with Crippen molar-refractivity contribution in [3.63, 3.8) is 0 Å². The van der Waals surface area contributed by atoms with Gasteiger partial charge >= 0.3 is 0 Å². The minimum absolute atomic E-state index is 0.00944. The molecule has 0 radical (unpaired) electrons. The van der Waals surface area contributed by atoms with Gasteiger partial charge in [0.05, 0.1) is 5.69 Å². The van der Waals surface area contributed by atoms with Gasteiger partial charge in [-0.05, 0) is 6.07 Å². The molecule has 80 valence electrons. The summed E-state index contributed by atoms with van der Waals surface area (Å²) in [6.07, 6.45) is 1.64. The molecule has 0 amide bonds. The molecule has 0 fully saturated rings. The van der Waals surface area contributed by atoms with Crippen LogP contribution in [0.1, 0.15) is 13.8 Å². The highest BCUT2D eigenvalue weighted by molar-refractivity contribution is 5.91. The van der Waals surface area contributed by atoms with Crippen molar-refractivity contribution in [2.24, 2.45) is 7.05 Å². The maximum absolute atomic E-state index is 11.6. The molecule has 2 rings (SSSR count). The summed E-state index contributed by atoms with van der Waals surface area (Å²) >= 11 is 0. The lowest BCUT2D eigenvalue weighted by Gasteiger charge is -2.03. The number of nitrogen functional groups attached to an aromatic ring is 1. The summed E-state index contributed by atoms with van der Waals surface area (Å²) in [6, 6.07) is 7.35. The van der Waals surface area contributed by atoms with Gasteiger partial charge in [-0.2, -0.15) is 0 Å². The summed E-state index contributed by atoms with van der Waals surface area (Å²) < 4.78 is 1.50. The number of benzene rings is 1. The second-order valence-corrected chi connectivity index (χ2v) is 3.05. The first kappa shape index (κ1) is 11.3. The van der Waals surface area contributed by atoms with E-state index in [0.29, 0.717) is 11.1 Å². The monoisotopic (exact) mass is 204 g/mol. The summed E-state index contributed by atoms with van der Waals surface area (Å²) in [7, 11) is 1.70. The Morgan fingerprint density at radius 2 is 1.67 bits per heavy atom. The Bertz CT molecular complexity index is 515. The number of fused-ring (bicyclic) bond motifs is 1. The van der Waals surface area contributed by atoms with Gasteiger partial charge in [0.25, 0.3) is 5.56 Å². The van der Waals surface area contributed by atoms with E-state index in [9.17, 15) is 4.79 Å². The highest BCUT2D eigenvalue weighted by Crippen LogP contribution is 2.15. The lowest BCUT2D eigenvalue weighted by atomic mass is 10.1. The fourth-order valence-electron chi connectivity index (χ4n) is 1.45. The van der Waals surface area contributed by atoms with E-state index in [4.69, 9.17) is 5.73 Å². The van der Waals surface area contributed by atoms with E-state index >= 15 is 0 Å². The fourth-order valence-corrected chi connectivity index (χ4v) is 1.45. The normalized spacial score (nSPS) is 9.53. The molecule has 1 aromatic carbocycles. The molecule has 1 heterocycles. The molecule has 0 spiro atoms. The van der Waals surface area contributed by atoms with Crippen LogP contribution in [0, 0.1) is 0 Å². The first-order chi connectivity index (χ1) is 7.20. The van der Waals surface area contributed by atoms with Gasteiger partial charge in [-0.3, -0.25) is 4.79 Å². The topological polar surface area (TPSA) is 48.0 Å². The Balaban J connectivity index is 0.000000531. The molecular weight excluding hydrogens is 188 g/mol. The van der Waals surface area contributed by atoms with Crippen LogP contribution in [0.15, 0.2) is 35.3 Å². The summed E-state index contributed by atoms with van der Waals surface area (Å²) in [4.78, 5) is 11.6. The van der Waals surface area contributed by atoms with E-state index in [-0.39, 0.29) is 5.56 Å². The number of nitrogens with two attached hydrogens (primary N) is 1. The van der Waals surface area contributed by atoms with E-state index < -0.39 is 0 Å². The van der Waals surface area contributed by atoms with Crippen molar-refractivity contribution >= 4 is 16.5 Å². The molecule has 3 heteroatoms. The minimum atomic E-state index is -0.00944. The number of hydrogen-bond donors (Lipinski definition) is 1. The van der Waals surface area contributed by atoms with Crippen LogP contribution < -0.4 is 11.3 Å². The van der Waals surface area contributed by atoms with Crippen LogP contribution in [-0.2, 0) is 7.05 Å². The maximum Gasteiger partial charge on any atom is 0.258 e. The molecule has 15 heavy (non-hydrogen) atoms. The Kier molecular flexibility index (Phi) is 3.50. The number of aromatic nitrogens is 1.